The van der Waals surface area contributed by atoms with Gasteiger partial charge in [0.05, 0.1) is 24.7 Å². The van der Waals surface area contributed by atoms with Gasteiger partial charge >= 0.3 is 0 Å². The molecule has 0 N–H and O–H groups in total. The molecule has 0 aliphatic carbocycles. The van der Waals surface area contributed by atoms with E-state index in [-0.39, 0.29) is 17.9 Å². The molecule has 25 heavy (non-hydrogen) atoms. The number of nitrogens with zero attached hydrogens (tertiary/aromatic N) is 2. The Morgan fingerprint density at radius 3 is 2.72 bits per heavy atom. The second-order valence-electron chi connectivity index (χ2n) is 6.47. The Labute approximate surface area is 152 Å². The maximum atomic E-state index is 12.8. The Kier molecular flexibility index (Phi) is 6.45. The number of thiophene rings is 1. The van der Waals surface area contributed by atoms with Crippen molar-refractivity contribution < 1.29 is 19.1 Å². The van der Waals surface area contributed by atoms with E-state index in [4.69, 9.17) is 9.47 Å². The first-order valence-electron chi connectivity index (χ1n) is 9.03. The van der Waals surface area contributed by atoms with Crippen LogP contribution in [0.5, 0.6) is 0 Å². The largest absolute Gasteiger partial charge is 0.376 e. The topological polar surface area (TPSA) is 59.1 Å². The monoisotopic (exact) mass is 366 g/mol. The molecule has 2 aliphatic heterocycles. The summed E-state index contributed by atoms with van der Waals surface area (Å²) in [5, 5.41) is 1.94. The van der Waals surface area contributed by atoms with E-state index in [1.807, 2.05) is 27.3 Å². The summed E-state index contributed by atoms with van der Waals surface area (Å²) in [5.74, 6) is 0.135. The molecule has 1 atom stereocenters. The molecule has 0 saturated carbocycles. The minimum atomic E-state index is -0.468. The van der Waals surface area contributed by atoms with E-state index in [1.54, 1.807) is 0 Å². The van der Waals surface area contributed by atoms with Crippen molar-refractivity contribution in [3.05, 3.63) is 22.4 Å². The lowest BCUT2D eigenvalue weighted by Gasteiger charge is -2.39. The number of rotatable bonds is 5. The van der Waals surface area contributed by atoms with Crippen LogP contribution in [0.1, 0.15) is 35.9 Å². The van der Waals surface area contributed by atoms with Gasteiger partial charge in [0.2, 0.25) is 0 Å². The van der Waals surface area contributed by atoms with Gasteiger partial charge in [-0.15, -0.1) is 11.3 Å². The van der Waals surface area contributed by atoms with Crippen LogP contribution in [0.3, 0.4) is 0 Å². The van der Waals surface area contributed by atoms with Crippen LogP contribution < -0.4 is 0 Å². The SMILES string of the molecule is CCCN(C(=O)c1cccs1)C1CCN(C(=O)[C@@H]2COCCO2)CC1. The number of hydrogen-bond donors (Lipinski definition) is 0. The van der Waals surface area contributed by atoms with Gasteiger partial charge in [-0.1, -0.05) is 13.0 Å². The summed E-state index contributed by atoms with van der Waals surface area (Å²) >= 11 is 1.49. The smallest absolute Gasteiger partial charge is 0.264 e. The fraction of sp³-hybridized carbons (Fsp3) is 0.667. The van der Waals surface area contributed by atoms with Crippen LogP contribution in [-0.2, 0) is 14.3 Å². The van der Waals surface area contributed by atoms with Crippen molar-refractivity contribution in [3.63, 3.8) is 0 Å². The highest BCUT2D eigenvalue weighted by atomic mass is 32.1. The molecule has 2 aliphatic rings. The van der Waals surface area contributed by atoms with Gasteiger partial charge in [-0.25, -0.2) is 0 Å². The molecule has 3 heterocycles. The highest BCUT2D eigenvalue weighted by molar-refractivity contribution is 7.12. The second kappa shape index (κ2) is 8.78. The van der Waals surface area contributed by atoms with E-state index < -0.39 is 6.10 Å². The summed E-state index contributed by atoms with van der Waals surface area (Å²) in [7, 11) is 0. The molecule has 2 amide bonds. The van der Waals surface area contributed by atoms with Crippen LogP contribution in [0.25, 0.3) is 0 Å². The average molecular weight is 366 g/mol. The molecular formula is C18H26N2O4S. The fourth-order valence-electron chi connectivity index (χ4n) is 3.46. The van der Waals surface area contributed by atoms with E-state index in [1.165, 1.54) is 11.3 Å². The lowest BCUT2D eigenvalue weighted by atomic mass is 10.0. The molecule has 0 aromatic carbocycles. The van der Waals surface area contributed by atoms with Crippen molar-refractivity contribution in [1.82, 2.24) is 9.80 Å². The quantitative estimate of drug-likeness (QED) is 0.800. The zero-order chi connectivity index (χ0) is 17.6. The molecule has 3 rings (SSSR count). The average Bonchev–Trinajstić information content (AvgIpc) is 3.21. The Morgan fingerprint density at radius 1 is 1.32 bits per heavy atom. The number of likely N-dealkylation sites (tertiary alicyclic amines) is 1. The lowest BCUT2D eigenvalue weighted by molar-refractivity contribution is -0.159. The van der Waals surface area contributed by atoms with Crippen molar-refractivity contribution in [2.24, 2.45) is 0 Å². The third-order valence-electron chi connectivity index (χ3n) is 4.77. The van der Waals surface area contributed by atoms with Gasteiger partial charge in [-0.2, -0.15) is 0 Å². The van der Waals surface area contributed by atoms with Crippen LogP contribution in [0.4, 0.5) is 0 Å². The standard InChI is InChI=1S/C18H26N2O4S/c1-2-7-20(18(22)16-4-3-12-25-16)14-5-8-19(9-6-14)17(21)15-13-23-10-11-24-15/h3-4,12,14-15H,2,5-11,13H2,1H3/t15-/m0/s1. The maximum absolute atomic E-state index is 12.8. The minimum Gasteiger partial charge on any atom is -0.376 e. The van der Waals surface area contributed by atoms with Gasteiger partial charge < -0.3 is 19.3 Å². The number of piperidine rings is 1. The predicted molar refractivity (Wildman–Crippen MR) is 95.8 cm³/mol. The molecule has 1 aromatic rings. The zero-order valence-electron chi connectivity index (χ0n) is 14.7. The summed E-state index contributed by atoms with van der Waals surface area (Å²) in [4.78, 5) is 29.9. The number of carbonyl (C=O) groups is 2. The first-order chi connectivity index (χ1) is 12.2. The highest BCUT2D eigenvalue weighted by Crippen LogP contribution is 2.22. The van der Waals surface area contributed by atoms with E-state index in [0.29, 0.717) is 32.9 Å². The van der Waals surface area contributed by atoms with Crippen LogP contribution >= 0.6 is 11.3 Å². The Balaban J connectivity index is 1.57. The molecule has 6 nitrogen and oxygen atoms in total. The van der Waals surface area contributed by atoms with Crippen molar-refractivity contribution in [1.29, 1.82) is 0 Å². The van der Waals surface area contributed by atoms with Gasteiger partial charge in [-0.05, 0) is 30.7 Å². The number of ether oxygens (including phenoxy) is 2. The van der Waals surface area contributed by atoms with Crippen LogP contribution in [0.2, 0.25) is 0 Å². The van der Waals surface area contributed by atoms with Gasteiger partial charge in [0, 0.05) is 25.7 Å². The van der Waals surface area contributed by atoms with Crippen LogP contribution in [0, 0.1) is 0 Å². The first-order valence-corrected chi connectivity index (χ1v) is 9.91. The molecule has 0 radical (unpaired) electrons. The predicted octanol–water partition coefficient (Wildman–Crippen LogP) is 2.01. The molecular weight excluding hydrogens is 340 g/mol. The fourth-order valence-corrected chi connectivity index (χ4v) is 4.14. The molecule has 0 unspecified atom stereocenters. The van der Waals surface area contributed by atoms with Crippen molar-refractivity contribution in [3.8, 4) is 0 Å². The molecule has 7 heteroatoms. The molecule has 138 valence electrons. The number of hydrogen-bond acceptors (Lipinski definition) is 5. The van der Waals surface area contributed by atoms with Crippen molar-refractivity contribution >= 4 is 23.2 Å². The van der Waals surface area contributed by atoms with Crippen molar-refractivity contribution in [2.75, 3.05) is 39.5 Å². The molecule has 1 aromatic heterocycles. The van der Waals surface area contributed by atoms with Gasteiger partial charge in [0.15, 0.2) is 6.10 Å². The third-order valence-corrected chi connectivity index (χ3v) is 5.62. The van der Waals surface area contributed by atoms with E-state index in [0.717, 1.165) is 30.7 Å². The molecule has 2 fully saturated rings. The van der Waals surface area contributed by atoms with E-state index in [2.05, 4.69) is 6.92 Å². The molecule has 0 bridgehead atoms. The minimum absolute atomic E-state index is 0.0183. The van der Waals surface area contributed by atoms with Crippen molar-refractivity contribution in [2.45, 2.75) is 38.3 Å². The highest BCUT2D eigenvalue weighted by Gasteiger charge is 2.33. The van der Waals surface area contributed by atoms with E-state index >= 15 is 0 Å². The maximum Gasteiger partial charge on any atom is 0.264 e. The summed E-state index contributed by atoms with van der Waals surface area (Å²) in [5.41, 5.74) is 0. The summed E-state index contributed by atoms with van der Waals surface area (Å²) in [6.07, 6.45) is 2.10. The van der Waals surface area contributed by atoms with Gasteiger partial charge in [-0.3, -0.25) is 9.59 Å². The van der Waals surface area contributed by atoms with Crippen LogP contribution in [0.15, 0.2) is 17.5 Å². The van der Waals surface area contributed by atoms with Crippen LogP contribution in [-0.4, -0.2) is 73.2 Å². The number of carbonyl (C=O) groups excluding carboxylic acids is 2. The Hall–Kier alpha value is -1.44. The third kappa shape index (κ3) is 4.40. The summed E-state index contributed by atoms with van der Waals surface area (Å²) in [6.45, 7) is 5.57. The van der Waals surface area contributed by atoms with E-state index in [9.17, 15) is 9.59 Å². The molecule has 2 saturated heterocycles. The molecule has 0 spiro atoms. The van der Waals surface area contributed by atoms with Gasteiger partial charge in [0.1, 0.15) is 0 Å². The first kappa shape index (κ1) is 18.4. The second-order valence-corrected chi connectivity index (χ2v) is 7.41. The van der Waals surface area contributed by atoms with Gasteiger partial charge in [0.25, 0.3) is 11.8 Å². The zero-order valence-corrected chi connectivity index (χ0v) is 15.5. The Morgan fingerprint density at radius 2 is 2.12 bits per heavy atom. The number of amides is 2. The summed E-state index contributed by atoms with van der Waals surface area (Å²) in [6, 6.07) is 3.99. The Bertz CT molecular complexity index is 564. The lowest BCUT2D eigenvalue weighted by Crippen LogP contribution is -2.52. The normalized spacial score (nSPS) is 22.0. The summed E-state index contributed by atoms with van der Waals surface area (Å²) < 4.78 is 10.8.